The van der Waals surface area contributed by atoms with Crippen LogP contribution < -0.4 is 15.0 Å². The highest BCUT2D eigenvalue weighted by Gasteiger charge is 2.31. The van der Waals surface area contributed by atoms with Crippen LogP contribution in [0.3, 0.4) is 0 Å². The second-order valence-electron chi connectivity index (χ2n) is 10.0. The molecule has 6 rings (SSSR count). The van der Waals surface area contributed by atoms with E-state index in [0.717, 1.165) is 61.4 Å². The van der Waals surface area contributed by atoms with Crippen LogP contribution in [-0.4, -0.2) is 75.1 Å². The molecule has 5 heterocycles. The van der Waals surface area contributed by atoms with Gasteiger partial charge in [-0.3, -0.25) is 14.6 Å². The average Bonchev–Trinajstić information content (AvgIpc) is 3.49. The number of hydrogen-bond donors (Lipinski definition) is 1. The van der Waals surface area contributed by atoms with E-state index >= 15 is 0 Å². The number of rotatable bonds is 6. The third-order valence-electron chi connectivity index (χ3n) is 7.53. The second kappa shape index (κ2) is 9.07. The third-order valence-corrected chi connectivity index (χ3v) is 7.53. The zero-order valence-corrected chi connectivity index (χ0v) is 20.7. The van der Waals surface area contributed by atoms with Crippen LogP contribution in [0.5, 0.6) is 5.88 Å². The molecule has 188 valence electrons. The lowest BCUT2D eigenvalue weighted by Crippen LogP contribution is -2.48. The van der Waals surface area contributed by atoms with E-state index in [1.807, 2.05) is 36.5 Å². The number of hydrogen-bond acceptors (Lipinski definition) is 7. The van der Waals surface area contributed by atoms with Gasteiger partial charge >= 0.3 is 0 Å². The predicted molar refractivity (Wildman–Crippen MR) is 135 cm³/mol. The summed E-state index contributed by atoms with van der Waals surface area (Å²) in [5, 5.41) is 2.90. The molecule has 2 atom stereocenters. The van der Waals surface area contributed by atoms with Crippen LogP contribution in [0.2, 0.25) is 0 Å². The molecule has 1 aliphatic carbocycles. The summed E-state index contributed by atoms with van der Waals surface area (Å²) in [6.45, 7) is 7.26. The van der Waals surface area contributed by atoms with E-state index in [1.165, 1.54) is 0 Å². The number of nitrogens with zero attached hydrogens (tertiary/aromatic N) is 6. The van der Waals surface area contributed by atoms with Gasteiger partial charge in [-0.05, 0) is 38.0 Å². The molecule has 0 aromatic carbocycles. The Morgan fingerprint density at radius 3 is 2.58 bits per heavy atom. The largest absolute Gasteiger partial charge is 0.473 e. The van der Waals surface area contributed by atoms with Crippen molar-refractivity contribution >= 4 is 28.5 Å². The van der Waals surface area contributed by atoms with E-state index in [2.05, 4.69) is 25.8 Å². The van der Waals surface area contributed by atoms with E-state index in [1.54, 1.807) is 6.92 Å². The van der Waals surface area contributed by atoms with Gasteiger partial charge in [0.2, 0.25) is 17.7 Å². The lowest BCUT2D eigenvalue weighted by Gasteiger charge is -2.35. The number of amides is 2. The zero-order chi connectivity index (χ0) is 24.8. The van der Waals surface area contributed by atoms with Crippen molar-refractivity contribution < 1.29 is 14.3 Å². The number of piperazine rings is 1. The maximum absolute atomic E-state index is 11.7. The first-order valence-corrected chi connectivity index (χ1v) is 12.7. The molecule has 3 aliphatic rings. The van der Waals surface area contributed by atoms with E-state index in [9.17, 15) is 9.59 Å². The molecule has 1 saturated carbocycles. The van der Waals surface area contributed by atoms with Crippen molar-refractivity contribution in [3.8, 4) is 17.3 Å². The fraction of sp³-hybridized carbons (Fsp3) is 0.500. The van der Waals surface area contributed by atoms with Crippen molar-refractivity contribution in [2.24, 2.45) is 5.92 Å². The molecular weight excluding hydrogens is 458 g/mol. The first kappa shape index (κ1) is 22.8. The molecule has 0 spiro atoms. The molecule has 36 heavy (non-hydrogen) atoms. The molecule has 2 saturated heterocycles. The summed E-state index contributed by atoms with van der Waals surface area (Å²) < 4.78 is 8.58. The van der Waals surface area contributed by atoms with Crippen LogP contribution in [0.4, 0.5) is 5.69 Å². The van der Waals surface area contributed by atoms with E-state index in [-0.39, 0.29) is 23.8 Å². The number of aromatic nitrogens is 4. The molecule has 10 nitrogen and oxygen atoms in total. The molecular formula is C26H31N7O3. The molecule has 2 amide bonds. The normalized spacial score (nSPS) is 21.1. The van der Waals surface area contributed by atoms with Crippen LogP contribution in [-0.2, 0) is 9.59 Å². The van der Waals surface area contributed by atoms with E-state index < -0.39 is 0 Å². The summed E-state index contributed by atoms with van der Waals surface area (Å²) in [5.41, 5.74) is 4.23. The van der Waals surface area contributed by atoms with E-state index in [4.69, 9.17) is 14.7 Å². The molecule has 1 N–H and O–H groups in total. The van der Waals surface area contributed by atoms with Crippen molar-refractivity contribution in [1.29, 1.82) is 0 Å². The first-order valence-electron chi connectivity index (χ1n) is 12.7. The van der Waals surface area contributed by atoms with Crippen LogP contribution in [0, 0.1) is 5.92 Å². The van der Waals surface area contributed by atoms with Gasteiger partial charge in [0.15, 0.2) is 0 Å². The van der Waals surface area contributed by atoms with Crippen molar-refractivity contribution in [2.75, 3.05) is 37.6 Å². The van der Waals surface area contributed by atoms with Crippen molar-refractivity contribution in [1.82, 2.24) is 29.7 Å². The summed E-state index contributed by atoms with van der Waals surface area (Å²) in [6.07, 6.45) is 6.31. The summed E-state index contributed by atoms with van der Waals surface area (Å²) in [7, 11) is 0. The van der Waals surface area contributed by atoms with Gasteiger partial charge in [-0.2, -0.15) is 0 Å². The minimum atomic E-state index is -0.165. The van der Waals surface area contributed by atoms with Crippen molar-refractivity contribution in [3.63, 3.8) is 0 Å². The molecule has 10 heteroatoms. The summed E-state index contributed by atoms with van der Waals surface area (Å²) in [4.78, 5) is 41.8. The Morgan fingerprint density at radius 2 is 1.94 bits per heavy atom. The van der Waals surface area contributed by atoms with Crippen LogP contribution in [0.15, 0.2) is 30.7 Å². The highest BCUT2D eigenvalue weighted by Crippen LogP contribution is 2.40. The van der Waals surface area contributed by atoms with Gasteiger partial charge in [0.25, 0.3) is 0 Å². The van der Waals surface area contributed by atoms with Gasteiger partial charge in [-0.1, -0.05) is 0 Å². The zero-order valence-electron chi connectivity index (χ0n) is 20.7. The fourth-order valence-electron chi connectivity index (χ4n) is 5.10. The standard InChI is InChI=1S/C26H31N7O3/c1-16(18-11-24(35)28-13-18)36-26-25-23(29-15-33(25)19-3-4-19)12-22(30-26)21-6-5-20(14-27-21)32-9-7-31(8-10-32)17(2)34/h5-6,12,14-16,18-19H,3-4,7-11,13H2,1-2H3,(H,28,35)/t16-,18-/m1/s1. The van der Waals surface area contributed by atoms with Crippen molar-refractivity contribution in [2.45, 2.75) is 45.3 Å². The maximum Gasteiger partial charge on any atom is 0.241 e. The SMILES string of the molecule is CC(=O)N1CCN(c2ccc(-c3cc4ncn(C5CC5)c4c(O[C@H](C)[C@H]4CNC(=O)C4)n3)nc2)CC1. The van der Waals surface area contributed by atoms with Crippen LogP contribution in [0.25, 0.3) is 22.4 Å². The van der Waals surface area contributed by atoms with Gasteiger partial charge in [0.1, 0.15) is 11.6 Å². The highest BCUT2D eigenvalue weighted by atomic mass is 16.5. The Kier molecular flexibility index (Phi) is 5.73. The summed E-state index contributed by atoms with van der Waals surface area (Å²) in [5.74, 6) is 0.843. The molecule has 3 aromatic rings. The molecule has 3 aromatic heterocycles. The van der Waals surface area contributed by atoms with Gasteiger partial charge in [-0.15, -0.1) is 0 Å². The van der Waals surface area contributed by atoms with Gasteiger partial charge in [0, 0.05) is 58.0 Å². The Balaban J connectivity index is 1.27. The van der Waals surface area contributed by atoms with Crippen LogP contribution in [0.1, 0.15) is 39.2 Å². The quantitative estimate of drug-likeness (QED) is 0.567. The lowest BCUT2D eigenvalue weighted by molar-refractivity contribution is -0.129. The smallest absolute Gasteiger partial charge is 0.241 e. The summed E-state index contributed by atoms with van der Waals surface area (Å²) >= 11 is 0. The maximum atomic E-state index is 11.7. The monoisotopic (exact) mass is 489 g/mol. The second-order valence-corrected chi connectivity index (χ2v) is 10.0. The minimum absolute atomic E-state index is 0.0670. The Hall–Kier alpha value is -3.69. The first-order chi connectivity index (χ1) is 17.5. The molecule has 2 aliphatic heterocycles. The number of ether oxygens (including phenoxy) is 1. The molecule has 0 unspecified atom stereocenters. The Labute approximate surface area is 209 Å². The number of imidazole rings is 1. The van der Waals surface area contributed by atoms with Gasteiger partial charge in [-0.25, -0.2) is 9.97 Å². The third kappa shape index (κ3) is 4.36. The molecule has 0 radical (unpaired) electrons. The van der Waals surface area contributed by atoms with Gasteiger partial charge in [0.05, 0.1) is 35.1 Å². The lowest BCUT2D eigenvalue weighted by atomic mass is 10.0. The number of carbonyl (C=O) groups excluding carboxylic acids is 2. The highest BCUT2D eigenvalue weighted by molar-refractivity contribution is 5.84. The van der Waals surface area contributed by atoms with Gasteiger partial charge < -0.3 is 24.4 Å². The van der Waals surface area contributed by atoms with E-state index in [0.29, 0.717) is 30.6 Å². The Morgan fingerprint density at radius 1 is 1.14 bits per heavy atom. The topological polar surface area (TPSA) is 105 Å². The number of pyridine rings is 2. The van der Waals surface area contributed by atoms with Crippen LogP contribution >= 0.6 is 0 Å². The fourth-order valence-corrected chi connectivity index (χ4v) is 5.10. The number of nitrogens with one attached hydrogen (secondary N) is 1. The Bertz CT molecular complexity index is 1290. The number of anilines is 1. The van der Waals surface area contributed by atoms with Crippen molar-refractivity contribution in [3.05, 3.63) is 30.7 Å². The molecule has 0 bridgehead atoms. The molecule has 3 fully saturated rings. The summed E-state index contributed by atoms with van der Waals surface area (Å²) in [6, 6.07) is 6.45. The minimum Gasteiger partial charge on any atom is -0.473 e. The number of carbonyl (C=O) groups is 2. The predicted octanol–water partition coefficient (Wildman–Crippen LogP) is 2.40. The number of fused-ring (bicyclic) bond motifs is 1. The average molecular weight is 490 g/mol.